The van der Waals surface area contributed by atoms with E-state index < -0.39 is 30.0 Å². The maximum Gasteiger partial charge on any atom is 0.274 e. The lowest BCUT2D eigenvalue weighted by Crippen LogP contribution is -2.58. The molecule has 0 aromatic heterocycles. The van der Waals surface area contributed by atoms with Crippen molar-refractivity contribution in [3.63, 3.8) is 0 Å². The summed E-state index contributed by atoms with van der Waals surface area (Å²) in [6, 6.07) is 13.5. The molecule has 0 spiro atoms. The van der Waals surface area contributed by atoms with Gasteiger partial charge in [0.25, 0.3) is 5.91 Å². The van der Waals surface area contributed by atoms with Crippen molar-refractivity contribution < 1.29 is 34.2 Å². The molecule has 0 saturated carbocycles. The number of ether oxygens (including phenoxy) is 2. The van der Waals surface area contributed by atoms with E-state index in [1.165, 1.54) is 5.48 Å². The Hall–Kier alpha value is -3.67. The van der Waals surface area contributed by atoms with E-state index in [0.29, 0.717) is 44.3 Å². The van der Waals surface area contributed by atoms with Crippen LogP contribution >= 0.6 is 0 Å². The molecule has 40 heavy (non-hydrogen) atoms. The molecule has 3 amide bonds. The summed E-state index contributed by atoms with van der Waals surface area (Å²) in [6.45, 7) is 4.32. The third-order valence-corrected chi connectivity index (χ3v) is 6.64. The topological polar surface area (TPSA) is 149 Å². The molecule has 3 unspecified atom stereocenters. The van der Waals surface area contributed by atoms with Crippen LogP contribution in [0.1, 0.15) is 38.2 Å². The zero-order valence-corrected chi connectivity index (χ0v) is 22.9. The normalized spacial score (nSPS) is 15.4. The fourth-order valence-corrected chi connectivity index (χ4v) is 4.37. The Morgan fingerprint density at radius 2 is 1.68 bits per heavy atom. The number of rotatable bonds is 15. The van der Waals surface area contributed by atoms with Crippen molar-refractivity contribution in [2.45, 2.75) is 57.2 Å². The van der Waals surface area contributed by atoms with Gasteiger partial charge in [-0.25, -0.2) is 5.48 Å². The fourth-order valence-electron chi connectivity index (χ4n) is 4.37. The number of hydroxylamine groups is 1. The molecule has 1 heterocycles. The molecule has 0 radical (unpaired) electrons. The molecule has 1 aliphatic heterocycles. The summed E-state index contributed by atoms with van der Waals surface area (Å²) in [7, 11) is 0. The highest BCUT2D eigenvalue weighted by Crippen LogP contribution is 2.18. The standard InChI is InChI=1S/C29H40N4O7/c1-2-3-4-8-17-40-23-13-11-22(12-14-23)30-25(26(34)28(36)32-38)27(35)31-24(20-21-9-6-5-7-10-21)29(37)33-15-18-39-19-16-33/h5-7,9-14,24-26,30,34,38H,2-4,8,15-20H2,1H3,(H,31,35)(H,32,36). The number of benzene rings is 2. The quantitative estimate of drug-likeness (QED) is 0.127. The van der Waals surface area contributed by atoms with Crippen molar-refractivity contribution in [2.75, 3.05) is 38.2 Å². The van der Waals surface area contributed by atoms with Gasteiger partial charge in [-0.1, -0.05) is 56.5 Å². The minimum Gasteiger partial charge on any atom is -0.494 e. The van der Waals surface area contributed by atoms with Crippen molar-refractivity contribution in [1.29, 1.82) is 0 Å². The van der Waals surface area contributed by atoms with Gasteiger partial charge in [-0.3, -0.25) is 19.6 Å². The van der Waals surface area contributed by atoms with Gasteiger partial charge >= 0.3 is 0 Å². The van der Waals surface area contributed by atoms with Gasteiger partial charge in [0.2, 0.25) is 11.8 Å². The number of morpholine rings is 1. The monoisotopic (exact) mass is 556 g/mol. The summed E-state index contributed by atoms with van der Waals surface area (Å²) in [5, 5.41) is 25.3. The molecular formula is C29H40N4O7. The van der Waals surface area contributed by atoms with Gasteiger partial charge in [-0.15, -0.1) is 0 Å². The van der Waals surface area contributed by atoms with E-state index in [0.717, 1.165) is 31.2 Å². The molecule has 1 fully saturated rings. The molecule has 1 saturated heterocycles. The SMILES string of the molecule is CCCCCCOc1ccc(NC(C(=O)NC(Cc2ccccc2)C(=O)N2CCOCC2)C(O)C(=O)NO)cc1. The zero-order valence-electron chi connectivity index (χ0n) is 22.9. The lowest BCUT2D eigenvalue weighted by Gasteiger charge is -2.32. The van der Waals surface area contributed by atoms with Crippen molar-refractivity contribution in [2.24, 2.45) is 0 Å². The number of nitrogens with zero attached hydrogens (tertiary/aromatic N) is 1. The van der Waals surface area contributed by atoms with Crippen LogP contribution in [0.25, 0.3) is 0 Å². The second-order valence-electron chi connectivity index (χ2n) is 9.66. The number of carbonyl (C=O) groups excluding carboxylic acids is 3. The molecule has 11 heteroatoms. The van der Waals surface area contributed by atoms with Crippen LogP contribution in [0.3, 0.4) is 0 Å². The minimum atomic E-state index is -1.95. The van der Waals surface area contributed by atoms with Gasteiger partial charge in [0.15, 0.2) is 6.10 Å². The highest BCUT2D eigenvalue weighted by Gasteiger charge is 2.36. The number of aliphatic hydroxyl groups is 1. The maximum atomic E-state index is 13.5. The maximum absolute atomic E-state index is 13.5. The van der Waals surface area contributed by atoms with Gasteiger partial charge in [-0.05, 0) is 36.2 Å². The lowest BCUT2D eigenvalue weighted by molar-refractivity contribution is -0.143. The first-order chi connectivity index (χ1) is 19.4. The van der Waals surface area contributed by atoms with Crippen LogP contribution < -0.4 is 20.9 Å². The van der Waals surface area contributed by atoms with E-state index in [2.05, 4.69) is 17.6 Å². The lowest BCUT2D eigenvalue weighted by atomic mass is 10.0. The Bertz CT molecular complexity index is 1060. The van der Waals surface area contributed by atoms with E-state index in [4.69, 9.17) is 14.7 Å². The number of unbranched alkanes of at least 4 members (excludes halogenated alkanes) is 3. The largest absolute Gasteiger partial charge is 0.494 e. The summed E-state index contributed by atoms with van der Waals surface area (Å²) in [4.78, 5) is 40.6. The molecule has 3 atom stereocenters. The first-order valence-corrected chi connectivity index (χ1v) is 13.7. The van der Waals surface area contributed by atoms with Gasteiger partial charge in [0.05, 0.1) is 19.8 Å². The summed E-state index contributed by atoms with van der Waals surface area (Å²) in [5.74, 6) is -1.59. The number of hydrogen-bond acceptors (Lipinski definition) is 8. The molecule has 11 nitrogen and oxygen atoms in total. The van der Waals surface area contributed by atoms with Crippen LogP contribution in [-0.4, -0.2) is 84.0 Å². The third-order valence-electron chi connectivity index (χ3n) is 6.64. The number of anilines is 1. The second kappa shape index (κ2) is 16.4. The first kappa shape index (κ1) is 30.9. The van der Waals surface area contributed by atoms with E-state index in [-0.39, 0.29) is 12.3 Å². The van der Waals surface area contributed by atoms with E-state index in [1.807, 2.05) is 30.3 Å². The molecule has 0 aliphatic carbocycles. The molecule has 3 rings (SSSR count). The van der Waals surface area contributed by atoms with E-state index >= 15 is 0 Å². The number of carbonyl (C=O) groups is 3. The Morgan fingerprint density at radius 1 is 0.975 bits per heavy atom. The molecule has 0 bridgehead atoms. The van der Waals surface area contributed by atoms with Crippen LogP contribution in [0.5, 0.6) is 5.75 Å². The number of nitrogens with one attached hydrogen (secondary N) is 3. The Kier molecular flexibility index (Phi) is 12.7. The van der Waals surface area contributed by atoms with Crippen molar-refractivity contribution in [3.05, 3.63) is 60.2 Å². The Morgan fingerprint density at radius 3 is 2.33 bits per heavy atom. The predicted molar refractivity (Wildman–Crippen MR) is 149 cm³/mol. The molecular weight excluding hydrogens is 516 g/mol. The predicted octanol–water partition coefficient (Wildman–Crippen LogP) is 1.88. The summed E-state index contributed by atoms with van der Waals surface area (Å²) >= 11 is 0. The second-order valence-corrected chi connectivity index (χ2v) is 9.66. The number of hydrogen-bond donors (Lipinski definition) is 5. The summed E-state index contributed by atoms with van der Waals surface area (Å²) < 4.78 is 11.1. The summed E-state index contributed by atoms with van der Waals surface area (Å²) in [5.41, 5.74) is 2.65. The molecule has 2 aromatic rings. The smallest absolute Gasteiger partial charge is 0.274 e. The molecule has 218 valence electrons. The van der Waals surface area contributed by atoms with Crippen LogP contribution in [0.4, 0.5) is 5.69 Å². The third kappa shape index (κ3) is 9.51. The molecule has 1 aliphatic rings. The fraction of sp³-hybridized carbons (Fsp3) is 0.483. The van der Waals surface area contributed by atoms with Gasteiger partial charge in [0, 0.05) is 25.2 Å². The van der Waals surface area contributed by atoms with Crippen molar-refractivity contribution in [1.82, 2.24) is 15.7 Å². The van der Waals surface area contributed by atoms with E-state index in [9.17, 15) is 19.5 Å². The number of amides is 3. The number of aliphatic hydroxyl groups excluding tert-OH is 1. The van der Waals surface area contributed by atoms with E-state index in [1.54, 1.807) is 29.2 Å². The van der Waals surface area contributed by atoms with Crippen molar-refractivity contribution in [3.8, 4) is 5.75 Å². The van der Waals surface area contributed by atoms with Crippen LogP contribution in [0.15, 0.2) is 54.6 Å². The Labute approximate surface area is 234 Å². The summed E-state index contributed by atoms with van der Waals surface area (Å²) in [6.07, 6.45) is 2.61. The van der Waals surface area contributed by atoms with Crippen LogP contribution in [0.2, 0.25) is 0 Å². The minimum absolute atomic E-state index is 0.210. The zero-order chi connectivity index (χ0) is 28.7. The average molecular weight is 557 g/mol. The highest BCUT2D eigenvalue weighted by molar-refractivity contribution is 5.96. The molecule has 5 N–H and O–H groups in total. The molecule has 2 aromatic carbocycles. The Balaban J connectivity index is 1.74. The average Bonchev–Trinajstić information content (AvgIpc) is 2.99. The van der Waals surface area contributed by atoms with Gasteiger partial charge < -0.3 is 30.1 Å². The van der Waals surface area contributed by atoms with Gasteiger partial charge in [0.1, 0.15) is 17.8 Å². The first-order valence-electron chi connectivity index (χ1n) is 13.7. The van der Waals surface area contributed by atoms with Crippen LogP contribution in [-0.2, 0) is 25.5 Å². The van der Waals surface area contributed by atoms with Crippen molar-refractivity contribution >= 4 is 23.4 Å². The highest BCUT2D eigenvalue weighted by atomic mass is 16.5. The van der Waals surface area contributed by atoms with Crippen LogP contribution in [0, 0.1) is 0 Å². The van der Waals surface area contributed by atoms with Gasteiger partial charge in [-0.2, -0.15) is 0 Å².